The van der Waals surface area contributed by atoms with Gasteiger partial charge in [-0.25, -0.2) is 9.97 Å². The molecule has 2 aromatic heterocycles. The molecule has 118 valence electrons. The molecule has 0 bridgehead atoms. The highest BCUT2D eigenvalue weighted by molar-refractivity contribution is 5.39. The van der Waals surface area contributed by atoms with E-state index in [2.05, 4.69) is 42.9 Å². The number of hydrogen-bond acceptors (Lipinski definition) is 7. The third-order valence-corrected chi connectivity index (χ3v) is 3.95. The van der Waals surface area contributed by atoms with E-state index in [-0.39, 0.29) is 0 Å². The number of rotatable bonds is 5. The minimum atomic E-state index is 0.710. The molecule has 1 aliphatic rings. The van der Waals surface area contributed by atoms with Crippen LogP contribution >= 0.6 is 0 Å². The van der Waals surface area contributed by atoms with Crippen molar-refractivity contribution in [2.24, 2.45) is 0 Å². The second kappa shape index (κ2) is 6.83. The molecule has 0 radical (unpaired) electrons. The largest absolute Gasteiger partial charge is 0.354 e. The Morgan fingerprint density at radius 2 is 1.91 bits per heavy atom. The molecule has 7 heteroatoms. The van der Waals surface area contributed by atoms with E-state index in [0.29, 0.717) is 5.89 Å². The zero-order chi connectivity index (χ0) is 15.4. The molecule has 1 fully saturated rings. The van der Waals surface area contributed by atoms with E-state index in [0.717, 1.165) is 62.9 Å². The Kier molecular flexibility index (Phi) is 4.62. The van der Waals surface area contributed by atoms with E-state index >= 15 is 0 Å². The smallest absolute Gasteiger partial charge is 0.226 e. The third-order valence-electron chi connectivity index (χ3n) is 3.95. The van der Waals surface area contributed by atoms with E-state index in [1.807, 2.05) is 6.92 Å². The maximum atomic E-state index is 5.16. The summed E-state index contributed by atoms with van der Waals surface area (Å²) in [5.74, 6) is 2.52. The fourth-order valence-electron chi connectivity index (χ4n) is 2.59. The van der Waals surface area contributed by atoms with Gasteiger partial charge >= 0.3 is 0 Å². The molecule has 1 aliphatic heterocycles. The maximum Gasteiger partial charge on any atom is 0.226 e. The van der Waals surface area contributed by atoms with Crippen LogP contribution in [0.2, 0.25) is 0 Å². The lowest BCUT2D eigenvalue weighted by atomic mass is 10.2. The maximum absolute atomic E-state index is 5.16. The summed E-state index contributed by atoms with van der Waals surface area (Å²) in [5, 5.41) is 4.02. The van der Waals surface area contributed by atoms with Crippen molar-refractivity contribution in [3.63, 3.8) is 0 Å². The van der Waals surface area contributed by atoms with Crippen molar-refractivity contribution >= 4 is 5.82 Å². The summed E-state index contributed by atoms with van der Waals surface area (Å²) < 4.78 is 5.16. The molecule has 0 atom stereocenters. The number of aryl methyl sites for hydroxylation is 2. The Labute approximate surface area is 130 Å². The first-order valence-electron chi connectivity index (χ1n) is 7.88. The predicted octanol–water partition coefficient (Wildman–Crippen LogP) is 1.31. The second-order valence-corrected chi connectivity index (χ2v) is 5.44. The van der Waals surface area contributed by atoms with E-state index in [4.69, 9.17) is 4.52 Å². The van der Waals surface area contributed by atoms with E-state index in [9.17, 15) is 0 Å². The van der Waals surface area contributed by atoms with E-state index < -0.39 is 0 Å². The normalized spacial score (nSPS) is 16.2. The molecule has 0 aliphatic carbocycles. The SMILES string of the molecule is CCc1cc(N2CCN(Cc3noc(CC)n3)CC2)ncn1. The highest BCUT2D eigenvalue weighted by atomic mass is 16.5. The first-order chi connectivity index (χ1) is 10.8. The van der Waals surface area contributed by atoms with Crippen molar-refractivity contribution in [2.75, 3.05) is 31.1 Å². The Balaban J connectivity index is 1.55. The molecular weight excluding hydrogens is 280 g/mol. The van der Waals surface area contributed by atoms with E-state index in [1.54, 1.807) is 6.33 Å². The van der Waals surface area contributed by atoms with Crippen LogP contribution < -0.4 is 4.90 Å². The highest BCUT2D eigenvalue weighted by Gasteiger charge is 2.20. The van der Waals surface area contributed by atoms with Gasteiger partial charge in [0.25, 0.3) is 0 Å². The molecule has 2 aromatic rings. The molecule has 0 spiro atoms. The molecule has 0 unspecified atom stereocenters. The summed E-state index contributed by atoms with van der Waals surface area (Å²) in [7, 11) is 0. The van der Waals surface area contributed by atoms with Gasteiger partial charge in [0.15, 0.2) is 5.82 Å². The van der Waals surface area contributed by atoms with Gasteiger partial charge in [-0.2, -0.15) is 4.98 Å². The summed E-state index contributed by atoms with van der Waals surface area (Å²) in [6.07, 6.45) is 3.38. The van der Waals surface area contributed by atoms with Crippen LogP contribution in [0.3, 0.4) is 0 Å². The van der Waals surface area contributed by atoms with Crippen LogP contribution in [0.15, 0.2) is 16.9 Å². The van der Waals surface area contributed by atoms with Crippen LogP contribution in [-0.2, 0) is 19.4 Å². The number of aromatic nitrogens is 4. The van der Waals surface area contributed by atoms with Crippen LogP contribution in [0.25, 0.3) is 0 Å². The lowest BCUT2D eigenvalue weighted by Gasteiger charge is -2.34. The number of hydrogen-bond donors (Lipinski definition) is 0. The summed E-state index contributed by atoms with van der Waals surface area (Å²) in [6, 6.07) is 2.09. The standard InChI is InChI=1S/C15H22N6O/c1-3-12-9-14(17-11-16-12)21-7-5-20(6-8-21)10-13-18-15(4-2)22-19-13/h9,11H,3-8,10H2,1-2H3. The van der Waals surface area contributed by atoms with Crippen molar-refractivity contribution in [3.05, 3.63) is 29.8 Å². The number of nitrogens with zero attached hydrogens (tertiary/aromatic N) is 6. The lowest BCUT2D eigenvalue weighted by molar-refractivity contribution is 0.239. The van der Waals surface area contributed by atoms with Crippen molar-refractivity contribution in [3.8, 4) is 0 Å². The molecule has 3 rings (SSSR count). The molecule has 0 aromatic carbocycles. The molecule has 7 nitrogen and oxygen atoms in total. The average Bonchev–Trinajstić information content (AvgIpc) is 3.03. The zero-order valence-corrected chi connectivity index (χ0v) is 13.2. The summed E-state index contributed by atoms with van der Waals surface area (Å²) >= 11 is 0. The quantitative estimate of drug-likeness (QED) is 0.824. The number of piperazine rings is 1. The fraction of sp³-hybridized carbons (Fsp3) is 0.600. The van der Waals surface area contributed by atoms with Gasteiger partial charge in [-0.15, -0.1) is 0 Å². The van der Waals surface area contributed by atoms with Crippen LogP contribution in [0, 0.1) is 0 Å². The number of anilines is 1. The van der Waals surface area contributed by atoms with Gasteiger partial charge in [-0.3, -0.25) is 4.90 Å². The molecule has 0 saturated carbocycles. The van der Waals surface area contributed by atoms with Gasteiger partial charge in [0.1, 0.15) is 12.1 Å². The van der Waals surface area contributed by atoms with Gasteiger partial charge < -0.3 is 9.42 Å². The van der Waals surface area contributed by atoms with Crippen molar-refractivity contribution < 1.29 is 4.52 Å². The fourth-order valence-corrected chi connectivity index (χ4v) is 2.59. The second-order valence-electron chi connectivity index (χ2n) is 5.44. The first kappa shape index (κ1) is 14.9. The molecule has 1 saturated heterocycles. The van der Waals surface area contributed by atoms with Gasteiger partial charge in [-0.05, 0) is 6.42 Å². The third kappa shape index (κ3) is 3.41. The minimum absolute atomic E-state index is 0.710. The van der Waals surface area contributed by atoms with Crippen LogP contribution in [0.4, 0.5) is 5.82 Å². The lowest BCUT2D eigenvalue weighted by Crippen LogP contribution is -2.46. The molecule has 22 heavy (non-hydrogen) atoms. The van der Waals surface area contributed by atoms with Gasteiger partial charge in [0.05, 0.1) is 6.54 Å². The van der Waals surface area contributed by atoms with Gasteiger partial charge in [0.2, 0.25) is 5.89 Å². The van der Waals surface area contributed by atoms with Crippen molar-refractivity contribution in [1.29, 1.82) is 0 Å². The Hall–Kier alpha value is -2.02. The summed E-state index contributed by atoms with van der Waals surface area (Å²) in [5.41, 5.74) is 1.09. The van der Waals surface area contributed by atoms with Gasteiger partial charge in [0, 0.05) is 44.4 Å². The van der Waals surface area contributed by atoms with Crippen LogP contribution in [-0.4, -0.2) is 51.2 Å². The van der Waals surface area contributed by atoms with Crippen LogP contribution in [0.5, 0.6) is 0 Å². The Morgan fingerprint density at radius 3 is 2.59 bits per heavy atom. The summed E-state index contributed by atoms with van der Waals surface area (Å²) in [4.78, 5) is 17.7. The molecule has 3 heterocycles. The Bertz CT molecular complexity index is 606. The van der Waals surface area contributed by atoms with Crippen molar-refractivity contribution in [1.82, 2.24) is 25.0 Å². The molecule has 0 amide bonds. The van der Waals surface area contributed by atoms with Crippen LogP contribution in [0.1, 0.15) is 31.3 Å². The van der Waals surface area contributed by atoms with E-state index in [1.165, 1.54) is 0 Å². The monoisotopic (exact) mass is 302 g/mol. The minimum Gasteiger partial charge on any atom is -0.354 e. The predicted molar refractivity (Wildman–Crippen MR) is 82.6 cm³/mol. The van der Waals surface area contributed by atoms with Crippen molar-refractivity contribution in [2.45, 2.75) is 33.2 Å². The topological polar surface area (TPSA) is 71.2 Å². The van der Waals surface area contributed by atoms with Gasteiger partial charge in [-0.1, -0.05) is 19.0 Å². The first-order valence-corrected chi connectivity index (χ1v) is 7.88. The summed E-state index contributed by atoms with van der Waals surface area (Å²) in [6.45, 7) is 8.74. The molecule has 0 N–H and O–H groups in total. The Morgan fingerprint density at radius 1 is 1.09 bits per heavy atom. The average molecular weight is 302 g/mol. The molecular formula is C15H22N6O. The highest BCUT2D eigenvalue weighted by Crippen LogP contribution is 2.15. The zero-order valence-electron chi connectivity index (χ0n) is 13.2.